The first-order chi connectivity index (χ1) is 21.8. The lowest BCUT2D eigenvalue weighted by Crippen LogP contribution is -2.55. The van der Waals surface area contributed by atoms with Gasteiger partial charge in [-0.25, -0.2) is 0 Å². The van der Waals surface area contributed by atoms with E-state index in [0.717, 1.165) is 5.56 Å². The van der Waals surface area contributed by atoms with Gasteiger partial charge in [-0.3, -0.25) is 14.4 Å². The zero-order valence-corrected chi connectivity index (χ0v) is 27.4. The number of ether oxygens (including phenoxy) is 2. The van der Waals surface area contributed by atoms with Crippen molar-refractivity contribution in [3.8, 4) is 11.5 Å². The van der Waals surface area contributed by atoms with Crippen molar-refractivity contribution in [3.63, 3.8) is 0 Å². The van der Waals surface area contributed by atoms with Crippen molar-refractivity contribution in [2.45, 2.75) is 46.7 Å². The van der Waals surface area contributed by atoms with Gasteiger partial charge in [0.05, 0.1) is 42.9 Å². The second kappa shape index (κ2) is 13.1. The molecule has 6 rings (SSSR count). The third-order valence-electron chi connectivity index (χ3n) is 8.99. The molecule has 3 unspecified atom stereocenters. The number of carbonyl (C=O) groups excluding carboxylic acids is 3. The van der Waals surface area contributed by atoms with Crippen molar-refractivity contribution in [2.75, 3.05) is 31.0 Å². The standard InChI is InChI=1S/C34H36BrN3O6S/c1-3-44-25-15-11-21(12-16-25)36-31(40)27-28-33(42)38(23(19-39)17-20-7-5-4-6-8-20)30(34(28)18-26(35)29(27)45-34)32(41)37-22-9-13-24(43-2)14-10-22/h4-16,23,26-30,39H,3,17-19H2,1-2H3,(H,36,40)(H,37,41)/t23-,26?,27-,28+,29-,30?,34?/m1/s1. The van der Waals surface area contributed by atoms with E-state index < -0.39 is 28.7 Å². The molecule has 3 heterocycles. The first-order valence-corrected chi connectivity index (χ1v) is 16.9. The molecule has 3 fully saturated rings. The molecule has 0 radical (unpaired) electrons. The molecule has 236 valence electrons. The topological polar surface area (TPSA) is 117 Å². The number of hydrogen-bond acceptors (Lipinski definition) is 7. The Bertz CT molecular complexity index is 1540. The van der Waals surface area contributed by atoms with E-state index in [1.807, 2.05) is 37.3 Å². The maximum absolute atomic E-state index is 14.6. The second-order valence-corrected chi connectivity index (χ2v) is 14.3. The molecule has 3 saturated heterocycles. The minimum atomic E-state index is -0.906. The fourth-order valence-corrected chi connectivity index (χ4v) is 10.7. The summed E-state index contributed by atoms with van der Waals surface area (Å²) in [5.74, 6) is -0.942. The lowest BCUT2D eigenvalue weighted by molar-refractivity contribution is -0.141. The molecule has 3 aliphatic heterocycles. The summed E-state index contributed by atoms with van der Waals surface area (Å²) in [6, 6.07) is 22.2. The van der Waals surface area contributed by atoms with Gasteiger partial charge in [-0.15, -0.1) is 11.8 Å². The molecule has 0 aromatic heterocycles. The maximum Gasteiger partial charge on any atom is 0.248 e. The molecular weight excluding hydrogens is 658 g/mol. The number of likely N-dealkylation sites (tertiary alicyclic amines) is 1. The molecule has 3 aliphatic rings. The highest BCUT2D eigenvalue weighted by molar-refractivity contribution is 9.09. The molecule has 2 bridgehead atoms. The molecule has 45 heavy (non-hydrogen) atoms. The van der Waals surface area contributed by atoms with Crippen LogP contribution >= 0.6 is 27.7 Å². The van der Waals surface area contributed by atoms with Crippen molar-refractivity contribution in [1.29, 1.82) is 0 Å². The van der Waals surface area contributed by atoms with Crippen LogP contribution in [0, 0.1) is 11.8 Å². The summed E-state index contributed by atoms with van der Waals surface area (Å²) < 4.78 is 9.93. The average molecular weight is 695 g/mol. The number of halogens is 1. The second-order valence-electron chi connectivity index (χ2n) is 11.6. The van der Waals surface area contributed by atoms with E-state index in [1.165, 1.54) is 0 Å². The molecule has 3 aromatic rings. The van der Waals surface area contributed by atoms with E-state index in [4.69, 9.17) is 9.47 Å². The smallest absolute Gasteiger partial charge is 0.248 e. The number of anilines is 2. The van der Waals surface area contributed by atoms with Gasteiger partial charge in [0.25, 0.3) is 0 Å². The van der Waals surface area contributed by atoms with E-state index in [1.54, 1.807) is 72.3 Å². The van der Waals surface area contributed by atoms with Crippen molar-refractivity contribution < 1.29 is 29.0 Å². The predicted molar refractivity (Wildman–Crippen MR) is 178 cm³/mol. The Morgan fingerprint density at radius 1 is 1.00 bits per heavy atom. The van der Waals surface area contributed by atoms with Gasteiger partial charge in [-0.1, -0.05) is 46.3 Å². The third-order valence-corrected chi connectivity index (χ3v) is 12.2. The van der Waals surface area contributed by atoms with Crippen LogP contribution in [0.1, 0.15) is 18.9 Å². The third kappa shape index (κ3) is 5.81. The van der Waals surface area contributed by atoms with Crippen LogP contribution in [-0.4, -0.2) is 75.0 Å². The van der Waals surface area contributed by atoms with E-state index in [2.05, 4.69) is 26.6 Å². The summed E-state index contributed by atoms with van der Waals surface area (Å²) in [5, 5.41) is 16.5. The number of nitrogens with one attached hydrogen (secondary N) is 2. The largest absolute Gasteiger partial charge is 0.497 e. The van der Waals surface area contributed by atoms with Gasteiger partial charge in [-0.2, -0.15) is 0 Å². The maximum atomic E-state index is 14.6. The van der Waals surface area contributed by atoms with Crippen LogP contribution in [0.15, 0.2) is 78.9 Å². The van der Waals surface area contributed by atoms with Crippen LogP contribution in [0.5, 0.6) is 11.5 Å². The summed E-state index contributed by atoms with van der Waals surface area (Å²) in [6.07, 6.45) is 0.902. The minimum absolute atomic E-state index is 0.0828. The summed E-state index contributed by atoms with van der Waals surface area (Å²) in [7, 11) is 1.57. The number of aliphatic hydroxyl groups is 1. The first kappa shape index (κ1) is 31.4. The highest BCUT2D eigenvalue weighted by Gasteiger charge is 2.76. The molecule has 3 aromatic carbocycles. The number of amides is 3. The number of alkyl halides is 1. The molecular formula is C34H36BrN3O6S. The van der Waals surface area contributed by atoms with Gasteiger partial charge in [0.2, 0.25) is 17.7 Å². The van der Waals surface area contributed by atoms with Crippen LogP contribution in [0.2, 0.25) is 0 Å². The molecule has 0 aliphatic carbocycles. The average Bonchev–Trinajstić information content (AvgIpc) is 3.65. The van der Waals surface area contributed by atoms with Crippen LogP contribution in [-0.2, 0) is 20.8 Å². The van der Waals surface area contributed by atoms with Crippen molar-refractivity contribution >= 4 is 56.8 Å². The number of hydrogen-bond donors (Lipinski definition) is 3. The Labute approximate surface area is 275 Å². The number of carbonyl (C=O) groups is 3. The molecule has 7 atom stereocenters. The zero-order chi connectivity index (χ0) is 31.7. The van der Waals surface area contributed by atoms with Gasteiger partial charge in [-0.05, 0) is 73.9 Å². The highest BCUT2D eigenvalue weighted by Crippen LogP contribution is 2.68. The van der Waals surface area contributed by atoms with Crippen molar-refractivity contribution in [3.05, 3.63) is 84.4 Å². The van der Waals surface area contributed by atoms with Crippen LogP contribution in [0.4, 0.5) is 11.4 Å². The summed E-state index contributed by atoms with van der Waals surface area (Å²) in [5.41, 5.74) is 2.10. The van der Waals surface area contributed by atoms with Crippen LogP contribution < -0.4 is 20.1 Å². The first-order valence-electron chi connectivity index (χ1n) is 15.1. The Morgan fingerprint density at radius 3 is 2.22 bits per heavy atom. The Morgan fingerprint density at radius 2 is 1.62 bits per heavy atom. The van der Waals surface area contributed by atoms with E-state index in [0.29, 0.717) is 42.3 Å². The van der Waals surface area contributed by atoms with Gasteiger partial charge in [0.1, 0.15) is 17.5 Å². The van der Waals surface area contributed by atoms with Gasteiger partial charge in [0.15, 0.2) is 0 Å². The minimum Gasteiger partial charge on any atom is -0.497 e. The monoisotopic (exact) mass is 693 g/mol. The number of benzene rings is 3. The lowest BCUT2D eigenvalue weighted by Gasteiger charge is -2.37. The molecule has 0 saturated carbocycles. The Hall–Kier alpha value is -3.54. The lowest BCUT2D eigenvalue weighted by atomic mass is 9.70. The van der Waals surface area contributed by atoms with Gasteiger partial charge >= 0.3 is 0 Å². The molecule has 9 nitrogen and oxygen atoms in total. The Balaban J connectivity index is 1.35. The van der Waals surface area contributed by atoms with Gasteiger partial charge < -0.3 is 30.1 Å². The summed E-state index contributed by atoms with van der Waals surface area (Å²) in [4.78, 5) is 44.4. The number of methoxy groups -OCH3 is 1. The highest BCUT2D eigenvalue weighted by atomic mass is 79.9. The van der Waals surface area contributed by atoms with E-state index in [-0.39, 0.29) is 34.4 Å². The summed E-state index contributed by atoms with van der Waals surface area (Å²) in [6.45, 7) is 2.11. The predicted octanol–water partition coefficient (Wildman–Crippen LogP) is 4.74. The van der Waals surface area contributed by atoms with Crippen molar-refractivity contribution in [2.24, 2.45) is 11.8 Å². The zero-order valence-electron chi connectivity index (χ0n) is 25.0. The normalized spacial score (nSPS) is 27.2. The SMILES string of the molecule is CCOc1ccc(NC(=O)[C@H]2[C@@H]3SC4(CC3Br)C(C(=O)Nc3ccc(OC)cc3)N([C@@H](CO)Cc3ccccc3)C(=O)[C@H]24)cc1. The molecule has 11 heteroatoms. The number of rotatable bonds is 11. The number of nitrogens with zero attached hydrogens (tertiary/aromatic N) is 1. The fraction of sp³-hybridized carbons (Fsp3) is 0.382. The van der Waals surface area contributed by atoms with Crippen LogP contribution in [0.25, 0.3) is 0 Å². The fourth-order valence-electron chi connectivity index (χ4n) is 7.11. The number of thioether (sulfide) groups is 1. The van der Waals surface area contributed by atoms with Crippen molar-refractivity contribution in [1.82, 2.24) is 4.90 Å². The van der Waals surface area contributed by atoms with Crippen LogP contribution in [0.3, 0.4) is 0 Å². The molecule has 3 N–H and O–H groups in total. The quantitative estimate of drug-likeness (QED) is 0.249. The number of aliphatic hydroxyl groups excluding tert-OH is 1. The molecule has 1 spiro atoms. The number of fused-ring (bicyclic) bond motifs is 1. The Kier molecular flexibility index (Phi) is 9.12. The van der Waals surface area contributed by atoms with E-state index in [9.17, 15) is 19.5 Å². The molecule has 3 amide bonds. The van der Waals surface area contributed by atoms with E-state index >= 15 is 0 Å². The van der Waals surface area contributed by atoms with Gasteiger partial charge in [0, 0.05) is 21.5 Å². The summed E-state index contributed by atoms with van der Waals surface area (Å²) >= 11 is 5.37.